The van der Waals surface area contributed by atoms with Crippen LogP contribution in [0.3, 0.4) is 0 Å². The summed E-state index contributed by atoms with van der Waals surface area (Å²) in [7, 11) is 3.32. The fourth-order valence-electron chi connectivity index (χ4n) is 2.23. The summed E-state index contributed by atoms with van der Waals surface area (Å²) in [4.78, 5) is 0. The van der Waals surface area contributed by atoms with E-state index in [1.54, 1.807) is 18.3 Å². The summed E-state index contributed by atoms with van der Waals surface area (Å²) in [6.07, 6.45) is 1.77. The molecule has 0 spiro atoms. The van der Waals surface area contributed by atoms with Gasteiger partial charge in [-0.2, -0.15) is 5.10 Å². The Bertz CT molecular complexity index is 600. The number of ether oxygens (including phenoxy) is 1. The van der Waals surface area contributed by atoms with Crippen molar-refractivity contribution in [1.29, 1.82) is 0 Å². The highest BCUT2D eigenvalue weighted by molar-refractivity contribution is 9.10. The molecule has 0 aliphatic carbocycles. The maximum absolute atomic E-state index is 13.5. The molecule has 0 aliphatic rings. The summed E-state index contributed by atoms with van der Waals surface area (Å²) in [6.45, 7) is 2.79. The molecule has 0 amide bonds. The zero-order valence-electron chi connectivity index (χ0n) is 11.7. The van der Waals surface area contributed by atoms with Crippen LogP contribution in [0, 0.1) is 5.82 Å². The number of rotatable bonds is 5. The van der Waals surface area contributed by atoms with Crippen LogP contribution in [0.15, 0.2) is 28.9 Å². The molecule has 1 atom stereocenters. The Morgan fingerprint density at radius 1 is 1.50 bits per heavy atom. The van der Waals surface area contributed by atoms with Gasteiger partial charge in [0, 0.05) is 6.54 Å². The molecule has 1 aromatic heterocycles. The topological polar surface area (TPSA) is 39.1 Å². The van der Waals surface area contributed by atoms with Crippen LogP contribution in [0.25, 0.3) is 0 Å². The van der Waals surface area contributed by atoms with E-state index in [0.717, 1.165) is 22.3 Å². The summed E-state index contributed by atoms with van der Waals surface area (Å²) >= 11 is 3.52. The zero-order valence-corrected chi connectivity index (χ0v) is 13.2. The highest BCUT2D eigenvalue weighted by atomic mass is 79.9. The van der Waals surface area contributed by atoms with E-state index in [4.69, 9.17) is 4.74 Å². The number of hydrogen-bond donors (Lipinski definition) is 1. The summed E-state index contributed by atoms with van der Waals surface area (Å²) in [5, 5.41) is 7.55. The second kappa shape index (κ2) is 6.37. The number of nitrogens with zero attached hydrogens (tertiary/aromatic N) is 2. The minimum atomic E-state index is -0.367. The number of methoxy groups -OCH3 is 1. The van der Waals surface area contributed by atoms with Crippen LogP contribution in [0.2, 0.25) is 0 Å². The molecule has 6 heteroatoms. The third-order valence-corrected chi connectivity index (χ3v) is 3.81. The number of aryl methyl sites for hydroxylation is 1. The van der Waals surface area contributed by atoms with Crippen molar-refractivity contribution in [2.45, 2.75) is 19.5 Å². The molecule has 20 heavy (non-hydrogen) atoms. The molecular weight excluding hydrogens is 325 g/mol. The zero-order chi connectivity index (χ0) is 14.7. The Morgan fingerprint density at radius 3 is 2.85 bits per heavy atom. The molecule has 1 N–H and O–H groups in total. The van der Waals surface area contributed by atoms with Gasteiger partial charge in [-0.15, -0.1) is 0 Å². The van der Waals surface area contributed by atoms with E-state index in [9.17, 15) is 4.39 Å². The van der Waals surface area contributed by atoms with Crippen molar-refractivity contribution in [3.05, 3.63) is 45.9 Å². The fraction of sp³-hybridized carbons (Fsp3) is 0.357. The number of hydrogen-bond acceptors (Lipinski definition) is 3. The van der Waals surface area contributed by atoms with E-state index in [0.29, 0.717) is 0 Å². The van der Waals surface area contributed by atoms with Crippen LogP contribution in [0.5, 0.6) is 5.75 Å². The van der Waals surface area contributed by atoms with E-state index >= 15 is 0 Å². The molecule has 0 saturated carbocycles. The van der Waals surface area contributed by atoms with Gasteiger partial charge < -0.3 is 10.1 Å². The van der Waals surface area contributed by atoms with E-state index in [2.05, 4.69) is 26.3 Å². The predicted molar refractivity (Wildman–Crippen MR) is 79.5 cm³/mol. The summed E-state index contributed by atoms with van der Waals surface area (Å²) in [5.74, 6) is -0.129. The minimum absolute atomic E-state index is 0.0960. The number of aromatic nitrogens is 2. The van der Waals surface area contributed by atoms with Crippen LogP contribution in [0.1, 0.15) is 24.2 Å². The Labute approximate surface area is 126 Å². The predicted octanol–water partition coefficient (Wildman–Crippen LogP) is 3.12. The van der Waals surface area contributed by atoms with Crippen molar-refractivity contribution in [3.8, 4) is 5.75 Å². The standard InChI is InChI=1S/C14H17BrFN3O/c1-4-19-14(10(15)8-18-19)13(17-2)9-5-6-11(16)12(7-9)20-3/h5-8,13,17H,4H2,1-3H3. The molecule has 0 saturated heterocycles. The van der Waals surface area contributed by atoms with Gasteiger partial charge in [0.25, 0.3) is 0 Å². The van der Waals surface area contributed by atoms with Crippen molar-refractivity contribution in [2.24, 2.45) is 0 Å². The molecule has 0 radical (unpaired) electrons. The first kappa shape index (κ1) is 15.0. The highest BCUT2D eigenvalue weighted by Gasteiger charge is 2.21. The van der Waals surface area contributed by atoms with Gasteiger partial charge in [-0.05, 0) is 47.6 Å². The van der Waals surface area contributed by atoms with Crippen LogP contribution in [-0.4, -0.2) is 23.9 Å². The molecule has 1 unspecified atom stereocenters. The molecular formula is C14H17BrFN3O. The maximum Gasteiger partial charge on any atom is 0.165 e. The number of halogens is 2. The van der Waals surface area contributed by atoms with Crippen molar-refractivity contribution in [2.75, 3.05) is 14.2 Å². The van der Waals surface area contributed by atoms with E-state index in [1.807, 2.05) is 18.7 Å². The van der Waals surface area contributed by atoms with Gasteiger partial charge in [-0.25, -0.2) is 4.39 Å². The molecule has 1 heterocycles. The molecule has 0 fully saturated rings. The maximum atomic E-state index is 13.5. The monoisotopic (exact) mass is 341 g/mol. The Morgan fingerprint density at radius 2 is 2.25 bits per heavy atom. The Hall–Kier alpha value is -1.40. The third kappa shape index (κ3) is 2.71. The molecule has 0 aliphatic heterocycles. The summed E-state index contributed by atoms with van der Waals surface area (Å²) < 4.78 is 21.4. The van der Waals surface area contributed by atoms with Crippen molar-refractivity contribution >= 4 is 15.9 Å². The lowest BCUT2D eigenvalue weighted by atomic mass is 10.0. The van der Waals surface area contributed by atoms with Crippen LogP contribution < -0.4 is 10.1 Å². The largest absolute Gasteiger partial charge is 0.494 e. The Kier molecular flexibility index (Phi) is 4.77. The molecule has 108 valence electrons. The van der Waals surface area contributed by atoms with Gasteiger partial charge in [0.1, 0.15) is 0 Å². The van der Waals surface area contributed by atoms with Gasteiger partial charge in [-0.1, -0.05) is 6.07 Å². The minimum Gasteiger partial charge on any atom is -0.494 e. The molecule has 1 aromatic carbocycles. The van der Waals surface area contributed by atoms with Crippen LogP contribution in [0.4, 0.5) is 4.39 Å². The lowest BCUT2D eigenvalue weighted by molar-refractivity contribution is 0.385. The Balaban J connectivity index is 2.49. The SMILES string of the molecule is CCn1ncc(Br)c1C(NC)c1ccc(F)c(OC)c1. The average molecular weight is 342 g/mol. The second-order valence-corrected chi connectivity index (χ2v) is 5.16. The van der Waals surface area contributed by atoms with Gasteiger partial charge in [-0.3, -0.25) is 4.68 Å². The van der Waals surface area contributed by atoms with Gasteiger partial charge in [0.2, 0.25) is 0 Å². The van der Waals surface area contributed by atoms with Crippen molar-refractivity contribution < 1.29 is 9.13 Å². The molecule has 2 aromatic rings. The van der Waals surface area contributed by atoms with E-state index in [-0.39, 0.29) is 17.6 Å². The molecule has 0 bridgehead atoms. The first-order valence-electron chi connectivity index (χ1n) is 6.34. The first-order chi connectivity index (χ1) is 9.62. The lowest BCUT2D eigenvalue weighted by Gasteiger charge is -2.19. The fourth-order valence-corrected chi connectivity index (χ4v) is 2.75. The van der Waals surface area contributed by atoms with Crippen molar-refractivity contribution in [1.82, 2.24) is 15.1 Å². The number of nitrogens with one attached hydrogen (secondary N) is 1. The highest BCUT2D eigenvalue weighted by Crippen LogP contribution is 2.31. The quantitative estimate of drug-likeness (QED) is 0.908. The van der Waals surface area contributed by atoms with Gasteiger partial charge >= 0.3 is 0 Å². The number of benzene rings is 1. The van der Waals surface area contributed by atoms with E-state index < -0.39 is 0 Å². The van der Waals surface area contributed by atoms with Gasteiger partial charge in [0.05, 0.1) is 29.5 Å². The van der Waals surface area contributed by atoms with E-state index in [1.165, 1.54) is 13.2 Å². The van der Waals surface area contributed by atoms with Crippen molar-refractivity contribution in [3.63, 3.8) is 0 Å². The summed E-state index contributed by atoms with van der Waals surface area (Å²) in [5.41, 5.74) is 1.92. The smallest absolute Gasteiger partial charge is 0.165 e. The normalized spacial score (nSPS) is 12.4. The molecule has 4 nitrogen and oxygen atoms in total. The third-order valence-electron chi connectivity index (χ3n) is 3.20. The lowest BCUT2D eigenvalue weighted by Crippen LogP contribution is -2.22. The first-order valence-corrected chi connectivity index (χ1v) is 7.13. The van der Waals surface area contributed by atoms with Crippen LogP contribution >= 0.6 is 15.9 Å². The summed E-state index contributed by atoms with van der Waals surface area (Å²) in [6, 6.07) is 4.77. The van der Waals surface area contributed by atoms with Crippen LogP contribution in [-0.2, 0) is 6.54 Å². The molecule has 2 rings (SSSR count). The second-order valence-electron chi connectivity index (χ2n) is 4.31. The average Bonchev–Trinajstić information content (AvgIpc) is 2.83. The van der Waals surface area contributed by atoms with Gasteiger partial charge in [0.15, 0.2) is 11.6 Å².